The number of nitrogens with two attached hydrogens (primary N) is 4. The average molecular weight is 563 g/mol. The highest BCUT2D eigenvalue weighted by atomic mass is 16.4. The van der Waals surface area contributed by atoms with Gasteiger partial charge in [-0.2, -0.15) is 0 Å². The molecule has 0 aromatic heterocycles. The molecule has 1 rings (SSSR count). The third-order valence-corrected chi connectivity index (χ3v) is 6.57. The second kappa shape index (κ2) is 18.6. The fraction of sp³-hybridized carbons (Fsp3) is 0.593. The average Bonchev–Trinajstić information content (AvgIpc) is 2.92. The van der Waals surface area contributed by atoms with Crippen LogP contribution in [0.2, 0.25) is 0 Å². The van der Waals surface area contributed by atoms with E-state index in [0.717, 1.165) is 12.0 Å². The number of amides is 3. The Labute approximate surface area is 235 Å². The number of hydrogen-bond acceptors (Lipinski definition) is 7. The fourth-order valence-corrected chi connectivity index (χ4v) is 3.96. The number of aliphatic imine (C=N–C) groups is 1. The smallest absolute Gasteiger partial charge is 0.326 e. The summed E-state index contributed by atoms with van der Waals surface area (Å²) in [6.45, 7) is 4.35. The first-order chi connectivity index (χ1) is 19.0. The minimum Gasteiger partial charge on any atom is -0.480 e. The summed E-state index contributed by atoms with van der Waals surface area (Å²) >= 11 is 0. The number of benzene rings is 1. The zero-order valence-corrected chi connectivity index (χ0v) is 23.5. The highest BCUT2D eigenvalue weighted by Crippen LogP contribution is 2.12. The fourth-order valence-electron chi connectivity index (χ4n) is 3.96. The molecule has 5 atom stereocenters. The van der Waals surface area contributed by atoms with Gasteiger partial charge in [0, 0.05) is 13.0 Å². The molecule has 0 saturated heterocycles. The molecule has 0 saturated carbocycles. The first-order valence-electron chi connectivity index (χ1n) is 13.7. The van der Waals surface area contributed by atoms with Crippen molar-refractivity contribution in [2.45, 2.75) is 83.0 Å². The van der Waals surface area contributed by atoms with Crippen molar-refractivity contribution in [3.05, 3.63) is 35.9 Å². The van der Waals surface area contributed by atoms with Crippen LogP contribution >= 0.6 is 0 Å². The quantitative estimate of drug-likeness (QED) is 0.0604. The zero-order chi connectivity index (χ0) is 30.1. The van der Waals surface area contributed by atoms with Crippen LogP contribution in [-0.4, -0.2) is 72.0 Å². The first-order valence-corrected chi connectivity index (χ1v) is 13.7. The molecule has 40 heavy (non-hydrogen) atoms. The molecule has 13 nitrogen and oxygen atoms in total. The number of carbonyl (C=O) groups is 4. The molecule has 0 aliphatic rings. The van der Waals surface area contributed by atoms with E-state index in [2.05, 4.69) is 20.9 Å². The van der Waals surface area contributed by atoms with Crippen LogP contribution in [-0.2, 0) is 25.6 Å². The molecule has 0 aliphatic heterocycles. The number of rotatable bonds is 19. The molecule has 0 bridgehead atoms. The Bertz CT molecular complexity index is 971. The van der Waals surface area contributed by atoms with Gasteiger partial charge in [-0.3, -0.25) is 19.4 Å². The number of hydrogen-bond donors (Lipinski definition) is 8. The Kier molecular flexibility index (Phi) is 15.9. The predicted octanol–water partition coefficient (Wildman–Crippen LogP) is -0.676. The molecule has 1 aromatic rings. The zero-order valence-electron chi connectivity index (χ0n) is 23.5. The van der Waals surface area contributed by atoms with E-state index in [4.69, 9.17) is 22.9 Å². The second-order valence-corrected chi connectivity index (χ2v) is 9.86. The number of carbonyl (C=O) groups excluding carboxylic acids is 3. The minimum absolute atomic E-state index is 0.0780. The molecule has 3 amide bonds. The molecule has 0 fully saturated rings. The van der Waals surface area contributed by atoms with Crippen LogP contribution in [0.25, 0.3) is 0 Å². The van der Waals surface area contributed by atoms with E-state index in [0.29, 0.717) is 32.2 Å². The molecule has 0 aliphatic carbocycles. The van der Waals surface area contributed by atoms with Gasteiger partial charge >= 0.3 is 5.97 Å². The third kappa shape index (κ3) is 12.9. The standard InChI is InChI=1S/C27H46N8O5/c1-3-17(2)22(25(38)34-21(26(39)40)16-18-10-5-4-6-11-18)35-24(37)20(13-9-15-32-27(30)31)33-23(36)19(29)12-7-8-14-28/h4-6,10-11,17,19-22H,3,7-9,12-16,28-29H2,1-2H3,(H,33,36)(H,34,38)(H,35,37)(H,39,40)(H4,30,31,32). The summed E-state index contributed by atoms with van der Waals surface area (Å²) in [5, 5.41) is 17.7. The van der Waals surface area contributed by atoms with Crippen LogP contribution in [0.15, 0.2) is 35.3 Å². The van der Waals surface area contributed by atoms with Gasteiger partial charge in [-0.25, -0.2) is 4.79 Å². The van der Waals surface area contributed by atoms with Crippen LogP contribution in [0.5, 0.6) is 0 Å². The van der Waals surface area contributed by atoms with Crippen molar-refractivity contribution in [3.63, 3.8) is 0 Å². The van der Waals surface area contributed by atoms with Gasteiger partial charge in [0.25, 0.3) is 0 Å². The van der Waals surface area contributed by atoms with Crippen LogP contribution < -0.4 is 38.9 Å². The van der Waals surface area contributed by atoms with E-state index in [1.54, 1.807) is 31.2 Å². The molecule has 0 spiro atoms. The molecule has 5 unspecified atom stereocenters. The minimum atomic E-state index is -1.19. The van der Waals surface area contributed by atoms with Gasteiger partial charge in [0.05, 0.1) is 6.04 Å². The maximum Gasteiger partial charge on any atom is 0.326 e. The van der Waals surface area contributed by atoms with Gasteiger partial charge in [0.15, 0.2) is 5.96 Å². The molecule has 0 radical (unpaired) electrons. The van der Waals surface area contributed by atoms with Crippen LogP contribution in [0, 0.1) is 5.92 Å². The summed E-state index contributed by atoms with van der Waals surface area (Å²) in [4.78, 5) is 55.2. The monoisotopic (exact) mass is 562 g/mol. The summed E-state index contributed by atoms with van der Waals surface area (Å²) in [5.74, 6) is -3.34. The Morgan fingerprint density at radius 2 is 1.55 bits per heavy atom. The highest BCUT2D eigenvalue weighted by Gasteiger charge is 2.32. The van der Waals surface area contributed by atoms with Gasteiger partial charge in [0.1, 0.15) is 18.1 Å². The third-order valence-electron chi connectivity index (χ3n) is 6.57. The van der Waals surface area contributed by atoms with Crippen molar-refractivity contribution in [1.82, 2.24) is 16.0 Å². The van der Waals surface area contributed by atoms with E-state index in [9.17, 15) is 24.3 Å². The summed E-state index contributed by atoms with van der Waals surface area (Å²) < 4.78 is 0. The number of guanidine groups is 1. The Balaban J connectivity index is 3.03. The molecule has 12 N–H and O–H groups in total. The van der Waals surface area contributed by atoms with Crippen LogP contribution in [0.4, 0.5) is 0 Å². The highest BCUT2D eigenvalue weighted by molar-refractivity contribution is 5.94. The molecule has 224 valence electrons. The van der Waals surface area contributed by atoms with E-state index in [1.165, 1.54) is 0 Å². The number of carboxylic acid groups (broad SMARTS) is 1. The Morgan fingerprint density at radius 3 is 2.12 bits per heavy atom. The van der Waals surface area contributed by atoms with Crippen LogP contribution in [0.1, 0.15) is 57.9 Å². The normalized spacial score (nSPS) is 14.6. The van der Waals surface area contributed by atoms with Gasteiger partial charge in [0.2, 0.25) is 17.7 Å². The molecule has 1 aromatic carbocycles. The predicted molar refractivity (Wildman–Crippen MR) is 154 cm³/mol. The lowest BCUT2D eigenvalue weighted by atomic mass is 9.96. The summed E-state index contributed by atoms with van der Waals surface area (Å²) in [5.41, 5.74) is 23.0. The number of nitrogens with zero attached hydrogens (tertiary/aromatic N) is 1. The van der Waals surface area contributed by atoms with E-state index in [1.807, 2.05) is 13.0 Å². The number of carboxylic acids is 1. The van der Waals surface area contributed by atoms with Crippen LogP contribution in [0.3, 0.4) is 0 Å². The Hall–Kier alpha value is -3.71. The SMILES string of the molecule is CCC(C)C(NC(=O)C(CCCN=C(N)N)NC(=O)C(N)CCCCN)C(=O)NC(Cc1ccccc1)C(=O)O. The summed E-state index contributed by atoms with van der Waals surface area (Å²) in [6, 6.07) is 4.84. The van der Waals surface area contributed by atoms with Crippen molar-refractivity contribution in [3.8, 4) is 0 Å². The molecular formula is C27H46N8O5. The number of unbranched alkanes of at least 4 members (excludes halogenated alkanes) is 1. The summed E-state index contributed by atoms with van der Waals surface area (Å²) in [7, 11) is 0. The van der Waals surface area contributed by atoms with E-state index >= 15 is 0 Å². The van der Waals surface area contributed by atoms with Crippen molar-refractivity contribution >= 4 is 29.7 Å². The van der Waals surface area contributed by atoms with Gasteiger partial charge in [-0.15, -0.1) is 0 Å². The lowest BCUT2D eigenvalue weighted by molar-refractivity contribution is -0.142. The van der Waals surface area contributed by atoms with Crippen molar-refractivity contribution < 1.29 is 24.3 Å². The molecule has 13 heteroatoms. The maximum absolute atomic E-state index is 13.4. The summed E-state index contributed by atoms with van der Waals surface area (Å²) in [6.07, 6.45) is 2.95. The molecular weight excluding hydrogens is 516 g/mol. The second-order valence-electron chi connectivity index (χ2n) is 9.86. The number of aliphatic carboxylic acids is 1. The van der Waals surface area contributed by atoms with Crippen molar-refractivity contribution in [2.75, 3.05) is 13.1 Å². The van der Waals surface area contributed by atoms with Gasteiger partial charge < -0.3 is 44.0 Å². The molecule has 0 heterocycles. The van der Waals surface area contributed by atoms with Gasteiger partial charge in [-0.05, 0) is 43.7 Å². The van der Waals surface area contributed by atoms with Crippen molar-refractivity contribution in [1.29, 1.82) is 0 Å². The Morgan fingerprint density at radius 1 is 0.900 bits per heavy atom. The first kappa shape index (κ1) is 34.3. The number of nitrogens with one attached hydrogen (secondary N) is 3. The lowest BCUT2D eigenvalue weighted by Gasteiger charge is -2.28. The van der Waals surface area contributed by atoms with E-state index in [-0.39, 0.29) is 31.3 Å². The van der Waals surface area contributed by atoms with E-state index < -0.39 is 47.9 Å². The lowest BCUT2D eigenvalue weighted by Crippen LogP contribution is -2.58. The van der Waals surface area contributed by atoms with Gasteiger partial charge in [-0.1, -0.05) is 57.0 Å². The topological polar surface area (TPSA) is 241 Å². The largest absolute Gasteiger partial charge is 0.480 e. The maximum atomic E-state index is 13.4. The van der Waals surface area contributed by atoms with Crippen molar-refractivity contribution in [2.24, 2.45) is 33.8 Å².